The topological polar surface area (TPSA) is 95.8 Å². The van der Waals surface area contributed by atoms with Crippen molar-refractivity contribution < 1.29 is 4.42 Å². The van der Waals surface area contributed by atoms with Crippen LogP contribution in [0.1, 0.15) is 24.6 Å². The molecule has 0 saturated heterocycles. The van der Waals surface area contributed by atoms with Gasteiger partial charge in [-0.05, 0) is 14.0 Å². The van der Waals surface area contributed by atoms with Crippen molar-refractivity contribution in [1.29, 1.82) is 0 Å². The van der Waals surface area contributed by atoms with Crippen LogP contribution < -0.4 is 15.5 Å². The smallest absolute Gasteiger partial charge is 0.315 e. The van der Waals surface area contributed by atoms with E-state index in [2.05, 4.69) is 25.8 Å². The number of nitrogens with zero attached hydrogens (tertiary/aromatic N) is 2. The molecule has 0 aliphatic rings. The minimum Gasteiger partial charge on any atom is -0.406 e. The monoisotopic (exact) mass is 255 g/mol. The van der Waals surface area contributed by atoms with Gasteiger partial charge in [0.25, 0.3) is 0 Å². The van der Waals surface area contributed by atoms with E-state index in [-0.39, 0.29) is 10.9 Å². The van der Waals surface area contributed by atoms with Gasteiger partial charge in [-0.3, -0.25) is 4.79 Å². The zero-order valence-electron chi connectivity index (χ0n) is 9.48. The van der Waals surface area contributed by atoms with Gasteiger partial charge in [0.15, 0.2) is 0 Å². The second-order valence-corrected chi connectivity index (χ2v) is 4.32. The highest BCUT2D eigenvalue weighted by Crippen LogP contribution is 2.13. The fraction of sp³-hybridized carbons (Fsp3) is 0.444. The van der Waals surface area contributed by atoms with Crippen LogP contribution in [0.25, 0.3) is 0 Å². The Morgan fingerprint density at radius 1 is 1.59 bits per heavy atom. The van der Waals surface area contributed by atoms with Gasteiger partial charge in [0.1, 0.15) is 0 Å². The van der Waals surface area contributed by atoms with Crippen LogP contribution in [0.5, 0.6) is 0 Å². The van der Waals surface area contributed by atoms with Crippen molar-refractivity contribution in [1.82, 2.24) is 20.5 Å². The summed E-state index contributed by atoms with van der Waals surface area (Å²) in [6, 6.07) is 0.355. The van der Waals surface area contributed by atoms with Gasteiger partial charge >= 0.3 is 10.9 Å². The number of aromatic nitrogens is 3. The van der Waals surface area contributed by atoms with Crippen LogP contribution in [0.15, 0.2) is 14.6 Å². The Hall–Kier alpha value is -1.67. The van der Waals surface area contributed by atoms with Gasteiger partial charge in [-0.25, -0.2) is 0 Å². The highest BCUT2D eigenvalue weighted by molar-refractivity contribution is 7.07. The third kappa shape index (κ3) is 2.92. The first-order valence-electron chi connectivity index (χ1n) is 5.10. The second kappa shape index (κ2) is 5.11. The van der Waals surface area contributed by atoms with Crippen LogP contribution in [0.2, 0.25) is 0 Å². The average Bonchev–Trinajstić information content (AvgIpc) is 2.94. The third-order valence-electron chi connectivity index (χ3n) is 2.24. The number of anilines is 1. The molecule has 0 saturated carbocycles. The van der Waals surface area contributed by atoms with Crippen molar-refractivity contribution in [2.45, 2.75) is 19.5 Å². The van der Waals surface area contributed by atoms with Crippen LogP contribution in [0.4, 0.5) is 6.01 Å². The minimum atomic E-state index is -0.0724. The van der Waals surface area contributed by atoms with E-state index in [0.29, 0.717) is 18.5 Å². The van der Waals surface area contributed by atoms with E-state index in [1.807, 2.05) is 14.0 Å². The zero-order valence-corrected chi connectivity index (χ0v) is 10.3. The molecule has 1 unspecified atom stereocenters. The first kappa shape index (κ1) is 11.8. The molecule has 2 aromatic rings. The summed E-state index contributed by atoms with van der Waals surface area (Å²) < 4.78 is 5.38. The Kier molecular flexibility index (Phi) is 3.55. The summed E-state index contributed by atoms with van der Waals surface area (Å²) in [6.45, 7) is 2.38. The SMILES string of the molecule is CNC(C)c1nnc(NCc2csc(=O)[nH]2)o1. The van der Waals surface area contributed by atoms with Gasteiger partial charge < -0.3 is 20.0 Å². The zero-order chi connectivity index (χ0) is 12.3. The van der Waals surface area contributed by atoms with Crippen LogP contribution in [0, 0.1) is 0 Å². The first-order valence-corrected chi connectivity index (χ1v) is 5.98. The Labute approximate surface area is 101 Å². The molecule has 0 bridgehead atoms. The molecule has 7 nitrogen and oxygen atoms in total. The highest BCUT2D eigenvalue weighted by Gasteiger charge is 2.11. The van der Waals surface area contributed by atoms with Crippen molar-refractivity contribution in [3.8, 4) is 0 Å². The lowest BCUT2D eigenvalue weighted by molar-refractivity contribution is 0.441. The molecule has 0 spiro atoms. The van der Waals surface area contributed by atoms with E-state index in [1.54, 1.807) is 5.38 Å². The molecule has 2 aromatic heterocycles. The average molecular weight is 255 g/mol. The summed E-state index contributed by atoms with van der Waals surface area (Å²) in [7, 11) is 1.82. The molecule has 0 fully saturated rings. The van der Waals surface area contributed by atoms with Crippen molar-refractivity contribution in [3.05, 3.63) is 26.6 Å². The molecule has 0 aliphatic heterocycles. The molecule has 0 radical (unpaired) electrons. The number of hydrogen-bond donors (Lipinski definition) is 3. The predicted octanol–water partition coefficient (Wildman–Crippen LogP) is 0.712. The van der Waals surface area contributed by atoms with Crippen LogP contribution in [-0.2, 0) is 6.54 Å². The molecular formula is C9H13N5O2S. The number of rotatable bonds is 5. The number of aromatic amines is 1. The maximum Gasteiger partial charge on any atom is 0.315 e. The predicted molar refractivity (Wildman–Crippen MR) is 64.0 cm³/mol. The lowest BCUT2D eigenvalue weighted by Crippen LogP contribution is -2.12. The lowest BCUT2D eigenvalue weighted by atomic mass is 10.3. The first-order chi connectivity index (χ1) is 8.19. The fourth-order valence-electron chi connectivity index (χ4n) is 1.18. The molecule has 8 heteroatoms. The van der Waals surface area contributed by atoms with Gasteiger partial charge in [-0.15, -0.1) is 5.10 Å². The summed E-state index contributed by atoms with van der Waals surface area (Å²) >= 11 is 1.13. The molecule has 2 heterocycles. The Balaban J connectivity index is 1.95. The molecular weight excluding hydrogens is 242 g/mol. The largest absolute Gasteiger partial charge is 0.406 e. The van der Waals surface area contributed by atoms with E-state index < -0.39 is 0 Å². The molecule has 0 amide bonds. The van der Waals surface area contributed by atoms with Crippen molar-refractivity contribution in [2.75, 3.05) is 12.4 Å². The van der Waals surface area contributed by atoms with Gasteiger partial charge in [-0.2, -0.15) is 0 Å². The van der Waals surface area contributed by atoms with E-state index in [4.69, 9.17) is 4.42 Å². The molecule has 3 N–H and O–H groups in total. The van der Waals surface area contributed by atoms with Gasteiger partial charge in [0.05, 0.1) is 12.6 Å². The number of hydrogen-bond acceptors (Lipinski definition) is 7. The lowest BCUT2D eigenvalue weighted by Gasteiger charge is -2.02. The molecule has 0 aromatic carbocycles. The summed E-state index contributed by atoms with van der Waals surface area (Å²) in [5.41, 5.74) is 0.793. The normalized spacial score (nSPS) is 12.6. The van der Waals surface area contributed by atoms with Gasteiger partial charge in [0.2, 0.25) is 5.89 Å². The van der Waals surface area contributed by atoms with E-state index in [0.717, 1.165) is 17.0 Å². The number of H-pyrrole nitrogens is 1. The highest BCUT2D eigenvalue weighted by atomic mass is 32.1. The summed E-state index contributed by atoms with van der Waals surface area (Å²) in [5.74, 6) is 0.522. The fourth-order valence-corrected chi connectivity index (χ4v) is 1.76. The Morgan fingerprint density at radius 2 is 2.41 bits per heavy atom. The van der Waals surface area contributed by atoms with E-state index in [9.17, 15) is 4.79 Å². The summed E-state index contributed by atoms with van der Waals surface area (Å²) in [4.78, 5) is 13.5. The second-order valence-electron chi connectivity index (χ2n) is 3.48. The van der Waals surface area contributed by atoms with Crippen LogP contribution in [-0.4, -0.2) is 22.2 Å². The third-order valence-corrected chi connectivity index (χ3v) is 2.96. The number of thiazole rings is 1. The van der Waals surface area contributed by atoms with Crippen molar-refractivity contribution in [2.24, 2.45) is 0 Å². The molecule has 17 heavy (non-hydrogen) atoms. The Morgan fingerprint density at radius 3 is 3.06 bits per heavy atom. The quantitative estimate of drug-likeness (QED) is 0.728. The van der Waals surface area contributed by atoms with E-state index >= 15 is 0 Å². The standard InChI is InChI=1S/C9H13N5O2S/c1-5(10-2)7-13-14-8(16-7)11-3-6-4-17-9(15)12-6/h4-5,10H,3H2,1-2H3,(H,11,14)(H,12,15). The minimum absolute atomic E-state index is 0.0130. The van der Waals surface area contributed by atoms with E-state index in [1.165, 1.54) is 0 Å². The summed E-state index contributed by atoms with van der Waals surface area (Å²) in [6.07, 6.45) is 0. The van der Waals surface area contributed by atoms with Crippen LogP contribution >= 0.6 is 11.3 Å². The molecule has 0 aliphatic carbocycles. The van der Waals surface area contributed by atoms with Gasteiger partial charge in [-0.1, -0.05) is 16.4 Å². The summed E-state index contributed by atoms with van der Waals surface area (Å²) in [5, 5.41) is 15.4. The van der Waals surface area contributed by atoms with Crippen LogP contribution in [0.3, 0.4) is 0 Å². The molecule has 2 rings (SSSR count). The Bertz CT molecular complexity index is 531. The maximum absolute atomic E-state index is 10.9. The van der Waals surface area contributed by atoms with Crippen molar-refractivity contribution in [3.63, 3.8) is 0 Å². The number of nitrogens with one attached hydrogen (secondary N) is 3. The van der Waals surface area contributed by atoms with Crippen molar-refractivity contribution >= 4 is 17.4 Å². The molecule has 1 atom stereocenters. The molecule has 92 valence electrons. The van der Waals surface area contributed by atoms with Gasteiger partial charge in [0, 0.05) is 11.1 Å². The maximum atomic E-state index is 10.9.